The summed E-state index contributed by atoms with van der Waals surface area (Å²) >= 11 is 0. The van der Waals surface area contributed by atoms with Crippen molar-refractivity contribution in [3.05, 3.63) is 36.5 Å². The molecular weight excluding hydrogens is 424 g/mol. The second kappa shape index (κ2) is 19.8. The largest absolute Gasteiger partial charge is 1.00 e. The molecule has 0 fully saturated rings. The molecule has 0 radical (unpaired) electrons. The minimum atomic E-state index is -1.19. The van der Waals surface area contributed by atoms with Crippen molar-refractivity contribution in [2.45, 2.75) is 20.8 Å². The Morgan fingerprint density at radius 3 is 1.23 bits per heavy atom. The van der Waals surface area contributed by atoms with Gasteiger partial charge in [0.2, 0.25) is 0 Å². The summed E-state index contributed by atoms with van der Waals surface area (Å²) in [7, 11) is 12.4. The number of carbonyl (C=O) groups is 3. The average molecular weight is 465 g/mol. The summed E-state index contributed by atoms with van der Waals surface area (Å²) in [5.74, 6) is -1.70. The number of carboxylic acid groups (broad SMARTS) is 1. The number of carbonyl (C=O) groups excluding carboxylic acids is 3. The van der Waals surface area contributed by atoms with Gasteiger partial charge in [0.05, 0.1) is 48.3 Å². The first kappa shape index (κ1) is 36.2. The molecule has 9 heteroatoms. The number of hydrogen-bond donors (Lipinski definition) is 0. The van der Waals surface area contributed by atoms with Crippen LogP contribution in [0.25, 0.3) is 0 Å². The third-order valence-corrected chi connectivity index (χ3v) is 2.97. The molecule has 182 valence electrons. The molecule has 0 aliphatic carbocycles. The average Bonchev–Trinajstić information content (AvgIpc) is 2.54. The Bertz CT molecular complexity index is 536. The first-order valence-corrected chi connectivity index (χ1v) is 9.62. The van der Waals surface area contributed by atoms with Gasteiger partial charge < -0.3 is 40.7 Å². The molecule has 0 amide bonds. The number of likely N-dealkylation sites (N-methyl/N-ethyl adjacent to an activating group) is 2. The van der Waals surface area contributed by atoms with Crippen molar-refractivity contribution in [2.24, 2.45) is 0 Å². The number of carboxylic acids is 1. The predicted molar refractivity (Wildman–Crippen MR) is 117 cm³/mol. The number of allylic oxidation sites excluding steroid dienone is 2. The molecule has 0 heterocycles. The van der Waals surface area contributed by atoms with E-state index in [0.29, 0.717) is 13.2 Å². The van der Waals surface area contributed by atoms with Gasteiger partial charge in [-0.25, -0.2) is 9.59 Å². The van der Waals surface area contributed by atoms with E-state index in [1.807, 2.05) is 0 Å². The molecule has 0 saturated carbocycles. The van der Waals surface area contributed by atoms with E-state index in [4.69, 9.17) is 9.47 Å². The van der Waals surface area contributed by atoms with E-state index < -0.39 is 5.97 Å². The van der Waals surface area contributed by atoms with Gasteiger partial charge in [0.25, 0.3) is 0 Å². The van der Waals surface area contributed by atoms with Gasteiger partial charge in [-0.1, -0.05) is 18.7 Å². The van der Waals surface area contributed by atoms with Crippen LogP contribution in [0.4, 0.5) is 0 Å². The van der Waals surface area contributed by atoms with Gasteiger partial charge in [0.15, 0.2) is 0 Å². The van der Waals surface area contributed by atoms with E-state index >= 15 is 0 Å². The second-order valence-electron chi connectivity index (χ2n) is 8.43. The highest BCUT2D eigenvalue weighted by Crippen LogP contribution is 1.91. The number of ether oxygens (including phenoxy) is 2. The van der Waals surface area contributed by atoms with Crippen LogP contribution in [0.15, 0.2) is 36.5 Å². The maximum absolute atomic E-state index is 10.8. The zero-order chi connectivity index (χ0) is 24.4. The van der Waals surface area contributed by atoms with Crippen LogP contribution in [0.3, 0.4) is 0 Å². The highest BCUT2D eigenvalue weighted by Gasteiger charge is 2.08. The summed E-state index contributed by atoms with van der Waals surface area (Å²) in [6, 6.07) is 0. The number of quaternary nitrogens is 2. The smallest absolute Gasteiger partial charge is 0.330 e. The minimum absolute atomic E-state index is 0. The van der Waals surface area contributed by atoms with Gasteiger partial charge in [0, 0.05) is 12.2 Å². The molecule has 0 aliphatic heterocycles. The van der Waals surface area contributed by atoms with Crippen molar-refractivity contribution >= 4 is 17.9 Å². The number of aliphatic carboxylic acids is 1. The maximum atomic E-state index is 10.8. The Morgan fingerprint density at radius 2 is 1.06 bits per heavy atom. The van der Waals surface area contributed by atoms with Crippen LogP contribution in [0, 0.1) is 0 Å². The van der Waals surface area contributed by atoms with Crippen molar-refractivity contribution in [2.75, 3.05) is 68.6 Å². The van der Waals surface area contributed by atoms with E-state index in [0.717, 1.165) is 22.1 Å². The number of esters is 2. The lowest BCUT2D eigenvalue weighted by molar-refractivity contribution is -0.870. The van der Waals surface area contributed by atoms with Crippen molar-refractivity contribution in [1.82, 2.24) is 0 Å². The van der Waals surface area contributed by atoms with Crippen LogP contribution >= 0.6 is 0 Å². The summed E-state index contributed by atoms with van der Waals surface area (Å²) in [6.45, 7) is 10.7. The van der Waals surface area contributed by atoms with Gasteiger partial charge in [-0.15, -0.1) is 0 Å². The Balaban J connectivity index is -0.000000183. The second-order valence-corrected chi connectivity index (χ2v) is 8.43. The quantitative estimate of drug-likeness (QED) is 0.221. The molecule has 0 atom stereocenters. The molecule has 8 nitrogen and oxygen atoms in total. The van der Waals surface area contributed by atoms with Crippen molar-refractivity contribution in [3.8, 4) is 0 Å². The Kier molecular flexibility index (Phi) is 23.1. The Hall–Kier alpha value is -2.16. The van der Waals surface area contributed by atoms with Crippen molar-refractivity contribution < 1.29 is 50.3 Å². The first-order valence-electron chi connectivity index (χ1n) is 9.62. The minimum Gasteiger partial charge on any atom is -1.00 e. The molecule has 0 spiro atoms. The van der Waals surface area contributed by atoms with Crippen LogP contribution in [-0.4, -0.2) is 95.5 Å². The van der Waals surface area contributed by atoms with E-state index in [2.05, 4.69) is 48.9 Å². The number of halogens is 1. The van der Waals surface area contributed by atoms with Crippen LogP contribution < -0.4 is 17.5 Å². The highest BCUT2D eigenvalue weighted by atomic mass is 35.5. The first-order chi connectivity index (χ1) is 13.6. The van der Waals surface area contributed by atoms with Crippen molar-refractivity contribution in [3.63, 3.8) is 0 Å². The topological polar surface area (TPSA) is 92.7 Å². The van der Waals surface area contributed by atoms with Crippen molar-refractivity contribution in [1.29, 1.82) is 0 Å². The molecule has 0 unspecified atom stereocenters. The highest BCUT2D eigenvalue weighted by molar-refractivity contribution is 5.83. The number of hydrogen-bond acceptors (Lipinski definition) is 6. The lowest BCUT2D eigenvalue weighted by atomic mass is 10.4. The van der Waals surface area contributed by atoms with Crippen LogP contribution in [0.2, 0.25) is 0 Å². The van der Waals surface area contributed by atoms with E-state index in [-0.39, 0.29) is 29.9 Å². The molecule has 0 rings (SSSR count). The molecule has 0 saturated heterocycles. The van der Waals surface area contributed by atoms with Gasteiger partial charge in [0.1, 0.15) is 26.3 Å². The number of rotatable bonds is 9. The normalized spacial score (nSPS) is 10.7. The van der Waals surface area contributed by atoms with Gasteiger partial charge in [-0.05, 0) is 26.3 Å². The molecule has 31 heavy (non-hydrogen) atoms. The van der Waals surface area contributed by atoms with Gasteiger partial charge >= 0.3 is 11.9 Å². The molecule has 0 aromatic carbocycles. The fourth-order valence-corrected chi connectivity index (χ4v) is 1.21. The fourth-order valence-electron chi connectivity index (χ4n) is 1.21. The molecular formula is C22H41ClN2O6. The predicted octanol–water partition coefficient (Wildman–Crippen LogP) is -2.06. The monoisotopic (exact) mass is 464 g/mol. The van der Waals surface area contributed by atoms with E-state index in [9.17, 15) is 19.5 Å². The summed E-state index contributed by atoms with van der Waals surface area (Å²) in [6.07, 6.45) is 6.20. The molecule has 0 aliphatic rings. The van der Waals surface area contributed by atoms with Gasteiger partial charge in [-0.2, -0.15) is 0 Å². The lowest BCUT2D eigenvalue weighted by Crippen LogP contribution is -3.00. The molecule has 0 bridgehead atoms. The van der Waals surface area contributed by atoms with Crippen LogP contribution in [0.1, 0.15) is 20.8 Å². The number of nitrogens with zero attached hydrogens (tertiary/aromatic N) is 2. The zero-order valence-electron chi connectivity index (χ0n) is 20.6. The summed E-state index contributed by atoms with van der Waals surface area (Å²) in [5.41, 5.74) is 0.0648. The molecule has 0 aromatic rings. The third-order valence-electron chi connectivity index (χ3n) is 2.97. The summed E-state index contributed by atoms with van der Waals surface area (Å²) < 4.78 is 11.5. The molecule has 0 N–H and O–H groups in total. The lowest BCUT2D eigenvalue weighted by Gasteiger charge is -2.23. The zero-order valence-corrected chi connectivity index (χ0v) is 21.3. The van der Waals surface area contributed by atoms with E-state index in [1.165, 1.54) is 19.1 Å². The summed E-state index contributed by atoms with van der Waals surface area (Å²) in [4.78, 5) is 31.1. The fraction of sp³-hybridized carbons (Fsp3) is 0.591. The standard InChI is InChI=1S/2C9H18NO2.C4H6O2.ClH/c2*1-5-6-9(11)12-8-7-10(2,3)4;1-3(2)4(5)6;/h2*5-6H,7-8H2,1-4H3;1H2,2H3,(H,5,6);1H/q2*+1;;/p-2. The SMILES string of the molecule is C=C(C)C(=O)[O-].CC=CC(=O)OCC[N+](C)(C)C.CC=CC(=O)OCC[N+](C)(C)C.[Cl-]. The molecule has 0 aromatic heterocycles. The van der Waals surface area contributed by atoms with Crippen LogP contribution in [-0.2, 0) is 23.9 Å². The Labute approximate surface area is 194 Å². The Morgan fingerprint density at radius 1 is 0.806 bits per heavy atom. The maximum Gasteiger partial charge on any atom is 0.330 e. The van der Waals surface area contributed by atoms with E-state index in [1.54, 1.807) is 26.0 Å². The van der Waals surface area contributed by atoms with Gasteiger partial charge in [-0.3, -0.25) is 0 Å². The van der Waals surface area contributed by atoms with Crippen LogP contribution in [0.5, 0.6) is 0 Å². The third kappa shape index (κ3) is 39.0. The summed E-state index contributed by atoms with van der Waals surface area (Å²) in [5, 5.41) is 9.49.